The molecule has 0 aromatic rings. The van der Waals surface area contributed by atoms with Gasteiger partial charge < -0.3 is 33.0 Å². The number of rotatable bonds is 13. The molecule has 282 valence electrons. The topological polar surface area (TPSA) is 121 Å². The minimum Gasteiger partial charge on any atom is -0.454 e. The van der Waals surface area contributed by atoms with Crippen molar-refractivity contribution in [2.75, 3.05) is 6.61 Å². The normalized spacial score (nSPS) is 37.8. The molecule has 1 saturated heterocycles. The van der Waals surface area contributed by atoms with Gasteiger partial charge in [0.1, 0.15) is 17.8 Å². The Balaban J connectivity index is 2.14. The number of ketones is 1. The standard InChI is InChI=1S/C37H68O9Si3/c1-15-48(16-2,17-3)45-27-21-28-36(23-42-28,43-25(8)38)31-33(40)37(41)22-26(44-47(12,13)14)24(7)29(34(37,9)10)30(32(39)35(27,31)11)46-49(18-4,19-5)20-6/h26-28,30-31,33,40-41H,15-23H2,1-14H3/t26-,27-,28+,30+,31?,33-,35+,36-,37+/m0/s1. The van der Waals surface area contributed by atoms with Crippen LogP contribution in [0.1, 0.15) is 89.0 Å². The van der Waals surface area contributed by atoms with E-state index in [-0.39, 0.29) is 18.8 Å². The second-order valence-electron chi connectivity index (χ2n) is 17.3. The fraction of sp³-hybridized carbons (Fsp3) is 0.892. The number of hydrogen-bond acceptors (Lipinski definition) is 9. The molecule has 4 rings (SSSR count). The molecule has 49 heavy (non-hydrogen) atoms. The molecule has 3 aliphatic carbocycles. The highest BCUT2D eigenvalue weighted by Gasteiger charge is 2.77. The van der Waals surface area contributed by atoms with Crippen LogP contribution in [0, 0.1) is 16.7 Å². The number of hydrogen-bond donors (Lipinski definition) is 2. The van der Waals surface area contributed by atoms with Crippen molar-refractivity contribution < 1.29 is 42.6 Å². The van der Waals surface area contributed by atoms with Crippen LogP contribution in [0.25, 0.3) is 0 Å². The van der Waals surface area contributed by atoms with E-state index in [4.69, 9.17) is 22.8 Å². The molecule has 2 bridgehead atoms. The van der Waals surface area contributed by atoms with Gasteiger partial charge in [0.2, 0.25) is 0 Å². The van der Waals surface area contributed by atoms with Crippen LogP contribution in [0.4, 0.5) is 0 Å². The lowest BCUT2D eigenvalue weighted by Crippen LogP contribution is -2.82. The highest BCUT2D eigenvalue weighted by atomic mass is 28.4. The second kappa shape index (κ2) is 13.9. The fourth-order valence-electron chi connectivity index (χ4n) is 10.1. The third-order valence-corrected chi connectivity index (χ3v) is 24.0. The average Bonchev–Trinajstić information content (AvgIpc) is 3.02. The molecule has 9 atom stereocenters. The molecule has 1 aliphatic heterocycles. The Labute approximate surface area is 299 Å². The Bertz CT molecular complexity index is 1270. The summed E-state index contributed by atoms with van der Waals surface area (Å²) in [5.74, 6) is -1.69. The smallest absolute Gasteiger partial charge is 0.303 e. The zero-order chi connectivity index (χ0) is 37.2. The first-order valence-electron chi connectivity index (χ1n) is 19.1. The Kier molecular flexibility index (Phi) is 11.7. The number of aliphatic hydroxyl groups is 2. The highest BCUT2D eigenvalue weighted by Crippen LogP contribution is 2.64. The number of Topliss-reactive ketones (excluding diaryl/α,β-unsaturated/α-hetero) is 1. The summed E-state index contributed by atoms with van der Waals surface area (Å²) in [6.07, 6.45) is -3.72. The molecule has 0 aromatic heterocycles. The lowest BCUT2D eigenvalue weighted by Gasteiger charge is -2.68. The van der Waals surface area contributed by atoms with Crippen molar-refractivity contribution in [2.45, 2.75) is 187 Å². The van der Waals surface area contributed by atoms with Gasteiger partial charge in [0.25, 0.3) is 0 Å². The summed E-state index contributed by atoms with van der Waals surface area (Å²) in [6, 6.07) is 5.14. The molecule has 2 N–H and O–H groups in total. The summed E-state index contributed by atoms with van der Waals surface area (Å²) < 4.78 is 34.0. The summed E-state index contributed by atoms with van der Waals surface area (Å²) in [4.78, 5) is 29.0. The summed E-state index contributed by atoms with van der Waals surface area (Å²) in [5.41, 5.74) is -3.93. The molecule has 0 aromatic carbocycles. The maximum absolute atomic E-state index is 16.1. The molecule has 0 amide bonds. The molecular formula is C37H68O9Si3. The van der Waals surface area contributed by atoms with Crippen LogP contribution >= 0.6 is 0 Å². The maximum Gasteiger partial charge on any atom is 0.303 e. The highest BCUT2D eigenvalue weighted by molar-refractivity contribution is 6.74. The molecule has 9 nitrogen and oxygen atoms in total. The molecular weight excluding hydrogens is 673 g/mol. The number of ether oxygens (including phenoxy) is 2. The molecule has 0 spiro atoms. The average molecular weight is 741 g/mol. The van der Waals surface area contributed by atoms with E-state index in [1.54, 1.807) is 0 Å². The zero-order valence-electron chi connectivity index (χ0n) is 33.1. The molecule has 3 fully saturated rings. The van der Waals surface area contributed by atoms with E-state index >= 15 is 4.79 Å². The summed E-state index contributed by atoms with van der Waals surface area (Å²) in [5, 5.41) is 26.4. The van der Waals surface area contributed by atoms with Crippen LogP contribution in [0.2, 0.25) is 55.9 Å². The van der Waals surface area contributed by atoms with E-state index < -0.39 is 89.4 Å². The Hall–Kier alpha value is -0.709. The van der Waals surface area contributed by atoms with E-state index in [0.717, 1.165) is 47.4 Å². The van der Waals surface area contributed by atoms with Gasteiger partial charge in [0.15, 0.2) is 36.3 Å². The van der Waals surface area contributed by atoms with Crippen LogP contribution in [0.15, 0.2) is 11.1 Å². The molecule has 0 radical (unpaired) electrons. The van der Waals surface area contributed by atoms with Crippen molar-refractivity contribution >= 4 is 36.7 Å². The predicted molar refractivity (Wildman–Crippen MR) is 200 cm³/mol. The number of esters is 1. The van der Waals surface area contributed by atoms with Gasteiger partial charge in [-0.05, 0) is 80.9 Å². The van der Waals surface area contributed by atoms with Gasteiger partial charge in [-0.1, -0.05) is 55.4 Å². The van der Waals surface area contributed by atoms with E-state index in [1.165, 1.54) is 6.92 Å². The minimum atomic E-state index is -2.46. The molecule has 2 saturated carbocycles. The van der Waals surface area contributed by atoms with E-state index in [9.17, 15) is 15.0 Å². The van der Waals surface area contributed by atoms with Crippen molar-refractivity contribution in [3.8, 4) is 0 Å². The summed E-state index contributed by atoms with van der Waals surface area (Å²) in [6.45, 7) is 28.5. The first-order valence-corrected chi connectivity index (χ1v) is 27.5. The van der Waals surface area contributed by atoms with E-state index in [2.05, 4.69) is 61.2 Å². The molecule has 1 heterocycles. The van der Waals surface area contributed by atoms with E-state index in [1.807, 2.05) is 27.7 Å². The first-order chi connectivity index (χ1) is 22.6. The maximum atomic E-state index is 16.1. The zero-order valence-corrected chi connectivity index (χ0v) is 36.1. The monoisotopic (exact) mass is 740 g/mol. The fourth-order valence-corrected chi connectivity index (χ4v) is 16.9. The SMILES string of the molecule is CC[Si](CC)(CC)O[C@H]1C(=O)[C@@]2(C)C([C@H](O)[C@]3(O)C[C@H](O[Si](C)(C)C)C(C)=C1C3(C)C)[C@]1(OC(C)=O)CO[C@@H]1C[C@@H]2O[Si](CC)(CC)CC. The number of carbonyl (C=O) groups excluding carboxylic acids is 2. The third kappa shape index (κ3) is 6.38. The van der Waals surface area contributed by atoms with Crippen molar-refractivity contribution in [3.05, 3.63) is 11.1 Å². The number of fused-ring (bicyclic) bond motifs is 5. The Morgan fingerprint density at radius 3 is 1.84 bits per heavy atom. The Morgan fingerprint density at radius 2 is 1.41 bits per heavy atom. The minimum absolute atomic E-state index is 0.0304. The molecule has 1 unspecified atom stereocenters. The number of carbonyl (C=O) groups is 2. The number of aliphatic hydroxyl groups excluding tert-OH is 1. The van der Waals surface area contributed by atoms with Gasteiger partial charge in [-0.15, -0.1) is 0 Å². The predicted octanol–water partition coefficient (Wildman–Crippen LogP) is 7.14. The lowest BCUT2D eigenvalue weighted by atomic mass is 9.45. The van der Waals surface area contributed by atoms with Crippen molar-refractivity contribution in [2.24, 2.45) is 16.7 Å². The van der Waals surface area contributed by atoms with Gasteiger partial charge in [-0.3, -0.25) is 9.59 Å². The largest absolute Gasteiger partial charge is 0.454 e. The van der Waals surface area contributed by atoms with Crippen molar-refractivity contribution in [3.63, 3.8) is 0 Å². The van der Waals surface area contributed by atoms with Gasteiger partial charge in [0.05, 0.1) is 30.3 Å². The first kappa shape index (κ1) is 41.1. The van der Waals surface area contributed by atoms with Crippen LogP contribution in [-0.4, -0.2) is 95.2 Å². The van der Waals surface area contributed by atoms with Gasteiger partial charge in [-0.25, -0.2) is 0 Å². The van der Waals surface area contributed by atoms with Crippen LogP contribution in [-0.2, 0) is 32.3 Å². The molecule has 12 heteroatoms. The van der Waals surface area contributed by atoms with Crippen LogP contribution < -0.4 is 0 Å². The quantitative estimate of drug-likeness (QED) is 0.115. The third-order valence-electron chi connectivity index (χ3n) is 13.8. The van der Waals surface area contributed by atoms with Gasteiger partial charge in [0, 0.05) is 31.1 Å². The van der Waals surface area contributed by atoms with Crippen LogP contribution in [0.3, 0.4) is 0 Å². The lowest BCUT2D eigenvalue weighted by molar-refractivity contribution is -0.345. The van der Waals surface area contributed by atoms with Crippen molar-refractivity contribution in [1.29, 1.82) is 0 Å². The summed E-state index contributed by atoms with van der Waals surface area (Å²) in [7, 11) is -6.96. The van der Waals surface area contributed by atoms with Gasteiger partial charge in [-0.2, -0.15) is 0 Å². The Morgan fingerprint density at radius 1 is 0.898 bits per heavy atom. The van der Waals surface area contributed by atoms with Crippen LogP contribution in [0.5, 0.6) is 0 Å². The van der Waals surface area contributed by atoms with E-state index in [0.29, 0.717) is 6.42 Å². The van der Waals surface area contributed by atoms with Crippen molar-refractivity contribution in [1.82, 2.24) is 0 Å². The van der Waals surface area contributed by atoms with Gasteiger partial charge >= 0.3 is 5.97 Å². The molecule has 4 aliphatic rings. The second-order valence-corrected chi connectivity index (χ2v) is 31.2. The summed E-state index contributed by atoms with van der Waals surface area (Å²) >= 11 is 0.